The van der Waals surface area contributed by atoms with Gasteiger partial charge in [0.05, 0.1) is 0 Å². The molecule has 1 atom stereocenters. The maximum absolute atomic E-state index is 11.6. The van der Waals surface area contributed by atoms with Crippen molar-refractivity contribution < 1.29 is 4.79 Å². The highest BCUT2D eigenvalue weighted by molar-refractivity contribution is 5.99. The van der Waals surface area contributed by atoms with Gasteiger partial charge in [-0.25, -0.2) is 0 Å². The molecule has 0 saturated heterocycles. The van der Waals surface area contributed by atoms with E-state index in [1.165, 1.54) is 25.7 Å². The largest absolute Gasteiger partial charge is 0.294 e. The lowest BCUT2D eigenvalue weighted by atomic mass is 9.77. The second-order valence-electron chi connectivity index (χ2n) is 4.35. The van der Waals surface area contributed by atoms with E-state index in [1.54, 1.807) is 0 Å². The third kappa shape index (κ3) is 0.886. The number of hydrogen-bond donors (Lipinski definition) is 0. The summed E-state index contributed by atoms with van der Waals surface area (Å²) in [6, 6.07) is 0. The second-order valence-corrected chi connectivity index (χ2v) is 4.35. The molecule has 0 amide bonds. The molecule has 1 fully saturated rings. The maximum Gasteiger partial charge on any atom is 0.161 e. The predicted molar refractivity (Wildman–Crippen MR) is 48.8 cm³/mol. The number of hydrogen-bond acceptors (Lipinski definition) is 1. The monoisotopic (exact) mass is 164 g/mol. The molecule has 0 radical (unpaired) electrons. The van der Waals surface area contributed by atoms with Gasteiger partial charge in [0.15, 0.2) is 5.78 Å². The first-order valence-electron chi connectivity index (χ1n) is 4.89. The number of Topliss-reactive ketones (excluding diaryl/α,β-unsaturated/α-hetero) is 1. The normalized spacial score (nSPS) is 33.0. The van der Waals surface area contributed by atoms with Crippen molar-refractivity contribution in [2.45, 2.75) is 39.5 Å². The van der Waals surface area contributed by atoms with Crippen LogP contribution in [0.15, 0.2) is 11.6 Å². The Hall–Kier alpha value is -0.590. The fraction of sp³-hybridized carbons (Fsp3) is 0.727. The molecule has 0 aromatic heterocycles. The third-order valence-electron chi connectivity index (χ3n) is 3.68. The SMILES string of the molecule is CC1=CC2(CCCC2)C(C)C1=O. The standard InChI is InChI=1S/C11H16O/c1-8-7-11(5-3-4-6-11)9(2)10(8)12/h7,9H,3-6H2,1-2H3. The third-order valence-corrected chi connectivity index (χ3v) is 3.68. The van der Waals surface area contributed by atoms with Crippen LogP contribution < -0.4 is 0 Å². The Bertz CT molecular complexity index is 244. The van der Waals surface area contributed by atoms with Gasteiger partial charge in [-0.15, -0.1) is 0 Å². The summed E-state index contributed by atoms with van der Waals surface area (Å²) in [4.78, 5) is 11.6. The van der Waals surface area contributed by atoms with Crippen LogP contribution in [0.3, 0.4) is 0 Å². The zero-order valence-electron chi connectivity index (χ0n) is 7.89. The van der Waals surface area contributed by atoms with Gasteiger partial charge in [-0.3, -0.25) is 4.79 Å². The topological polar surface area (TPSA) is 17.1 Å². The Morgan fingerprint density at radius 2 is 2.00 bits per heavy atom. The molecular formula is C11H16O. The molecule has 0 bridgehead atoms. The van der Waals surface area contributed by atoms with Crippen molar-refractivity contribution in [3.63, 3.8) is 0 Å². The minimum atomic E-state index is 0.264. The molecule has 0 heterocycles. The van der Waals surface area contributed by atoms with Crippen molar-refractivity contribution >= 4 is 5.78 Å². The first-order valence-corrected chi connectivity index (χ1v) is 4.89. The molecule has 0 N–H and O–H groups in total. The van der Waals surface area contributed by atoms with E-state index in [9.17, 15) is 4.79 Å². The first kappa shape index (κ1) is 8.03. The second kappa shape index (κ2) is 2.45. The molecule has 2 rings (SSSR count). The summed E-state index contributed by atoms with van der Waals surface area (Å²) in [6.45, 7) is 4.06. The Kier molecular flexibility index (Phi) is 1.64. The minimum absolute atomic E-state index is 0.264. The Balaban J connectivity index is 2.33. The van der Waals surface area contributed by atoms with Crippen LogP contribution in [0.25, 0.3) is 0 Å². The molecule has 1 heteroatoms. The van der Waals surface area contributed by atoms with Gasteiger partial charge in [0.2, 0.25) is 0 Å². The molecule has 2 aliphatic rings. The zero-order chi connectivity index (χ0) is 8.77. The van der Waals surface area contributed by atoms with Gasteiger partial charge < -0.3 is 0 Å². The van der Waals surface area contributed by atoms with Crippen LogP contribution >= 0.6 is 0 Å². The lowest BCUT2D eigenvalue weighted by Gasteiger charge is -2.25. The lowest BCUT2D eigenvalue weighted by Crippen LogP contribution is -2.23. The van der Waals surface area contributed by atoms with Crippen LogP contribution in [0.1, 0.15) is 39.5 Å². The summed E-state index contributed by atoms with van der Waals surface area (Å²) in [7, 11) is 0. The molecule has 0 aliphatic heterocycles. The van der Waals surface area contributed by atoms with Crippen molar-refractivity contribution in [2.24, 2.45) is 11.3 Å². The number of allylic oxidation sites excluding steroid dienone is 2. The van der Waals surface area contributed by atoms with Crippen LogP contribution in [0.4, 0.5) is 0 Å². The van der Waals surface area contributed by atoms with E-state index in [-0.39, 0.29) is 11.3 Å². The van der Waals surface area contributed by atoms with Crippen LogP contribution in [0, 0.1) is 11.3 Å². The van der Waals surface area contributed by atoms with Crippen LogP contribution in [0.2, 0.25) is 0 Å². The number of carbonyl (C=O) groups is 1. The summed E-state index contributed by atoms with van der Waals surface area (Å²) in [6.07, 6.45) is 7.32. The average Bonchev–Trinajstić information content (AvgIpc) is 2.57. The summed E-state index contributed by atoms with van der Waals surface area (Å²) >= 11 is 0. The minimum Gasteiger partial charge on any atom is -0.294 e. The Morgan fingerprint density at radius 3 is 2.42 bits per heavy atom. The quantitative estimate of drug-likeness (QED) is 0.538. The molecule has 1 unspecified atom stereocenters. The Labute approximate surface area is 73.8 Å². The summed E-state index contributed by atoms with van der Waals surface area (Å²) in [5, 5.41) is 0. The summed E-state index contributed by atoms with van der Waals surface area (Å²) < 4.78 is 0. The van der Waals surface area contributed by atoms with Gasteiger partial charge in [0, 0.05) is 5.92 Å². The molecule has 1 spiro atoms. The van der Waals surface area contributed by atoms with E-state index < -0.39 is 0 Å². The molecular weight excluding hydrogens is 148 g/mol. The van der Waals surface area contributed by atoms with E-state index in [0.29, 0.717) is 5.78 Å². The van der Waals surface area contributed by atoms with E-state index in [2.05, 4.69) is 13.0 Å². The Morgan fingerprint density at radius 1 is 1.42 bits per heavy atom. The molecule has 1 nitrogen and oxygen atoms in total. The van der Waals surface area contributed by atoms with Gasteiger partial charge in [0.25, 0.3) is 0 Å². The van der Waals surface area contributed by atoms with Gasteiger partial charge in [-0.2, -0.15) is 0 Å². The van der Waals surface area contributed by atoms with E-state index >= 15 is 0 Å². The number of rotatable bonds is 0. The summed E-state index contributed by atoms with van der Waals surface area (Å²) in [5.74, 6) is 0.650. The van der Waals surface area contributed by atoms with Crippen molar-refractivity contribution in [3.8, 4) is 0 Å². The highest BCUT2D eigenvalue weighted by Gasteiger charge is 2.45. The number of ketones is 1. The van der Waals surface area contributed by atoms with Crippen molar-refractivity contribution in [2.75, 3.05) is 0 Å². The number of carbonyl (C=O) groups excluding carboxylic acids is 1. The maximum atomic E-state index is 11.6. The molecule has 2 aliphatic carbocycles. The van der Waals surface area contributed by atoms with Gasteiger partial charge in [0.1, 0.15) is 0 Å². The molecule has 0 aromatic carbocycles. The fourth-order valence-electron chi connectivity index (χ4n) is 2.84. The predicted octanol–water partition coefficient (Wildman–Crippen LogP) is 2.71. The molecule has 12 heavy (non-hydrogen) atoms. The van der Waals surface area contributed by atoms with Crippen LogP contribution in [0.5, 0.6) is 0 Å². The zero-order valence-corrected chi connectivity index (χ0v) is 7.89. The molecule has 66 valence electrons. The smallest absolute Gasteiger partial charge is 0.161 e. The molecule has 1 saturated carbocycles. The van der Waals surface area contributed by atoms with E-state index in [0.717, 1.165) is 5.57 Å². The van der Waals surface area contributed by atoms with Gasteiger partial charge in [-0.1, -0.05) is 25.8 Å². The molecule has 0 aromatic rings. The summed E-state index contributed by atoms with van der Waals surface area (Å²) in [5.41, 5.74) is 1.28. The van der Waals surface area contributed by atoms with Crippen LogP contribution in [-0.4, -0.2) is 5.78 Å². The van der Waals surface area contributed by atoms with E-state index in [1.807, 2.05) is 6.92 Å². The highest BCUT2D eigenvalue weighted by atomic mass is 16.1. The van der Waals surface area contributed by atoms with Crippen LogP contribution in [-0.2, 0) is 4.79 Å². The van der Waals surface area contributed by atoms with E-state index in [4.69, 9.17) is 0 Å². The van der Waals surface area contributed by atoms with Crippen molar-refractivity contribution in [3.05, 3.63) is 11.6 Å². The highest BCUT2D eigenvalue weighted by Crippen LogP contribution is 2.50. The van der Waals surface area contributed by atoms with Crippen molar-refractivity contribution in [1.29, 1.82) is 0 Å². The van der Waals surface area contributed by atoms with Gasteiger partial charge in [-0.05, 0) is 30.8 Å². The van der Waals surface area contributed by atoms with Crippen molar-refractivity contribution in [1.82, 2.24) is 0 Å². The van der Waals surface area contributed by atoms with Gasteiger partial charge >= 0.3 is 0 Å². The average molecular weight is 164 g/mol. The fourth-order valence-corrected chi connectivity index (χ4v) is 2.84. The first-order chi connectivity index (χ1) is 5.66. The lowest BCUT2D eigenvalue weighted by molar-refractivity contribution is -0.119.